The van der Waals surface area contributed by atoms with Crippen LogP contribution >= 0.6 is 0 Å². The summed E-state index contributed by atoms with van der Waals surface area (Å²) in [5, 5.41) is 2.41. The van der Waals surface area contributed by atoms with E-state index in [-0.39, 0.29) is 5.91 Å². The van der Waals surface area contributed by atoms with Crippen LogP contribution in [0.3, 0.4) is 0 Å². The Bertz CT molecular complexity index is 654. The minimum absolute atomic E-state index is 0.0768. The Balaban J connectivity index is 1.83. The lowest BCUT2D eigenvalue weighted by atomic mass is 9.96. The summed E-state index contributed by atoms with van der Waals surface area (Å²) in [5.41, 5.74) is 6.81. The molecule has 3 heteroatoms. The van der Waals surface area contributed by atoms with Crippen molar-refractivity contribution in [3.8, 4) is 0 Å². The zero-order valence-electron chi connectivity index (χ0n) is 12.5. The van der Waals surface area contributed by atoms with Gasteiger partial charge in [0, 0.05) is 13.6 Å². The van der Waals surface area contributed by atoms with Gasteiger partial charge in [-0.2, -0.15) is 0 Å². The lowest BCUT2D eigenvalue weighted by Gasteiger charge is -2.29. The third-order valence-corrected chi connectivity index (χ3v) is 4.56. The monoisotopic (exact) mass is 282 g/mol. The molecule has 1 fully saturated rings. The molecule has 0 radical (unpaired) electrons. The Hall–Kier alpha value is -1.87. The molecule has 0 saturated heterocycles. The molecule has 0 aromatic heterocycles. The largest absolute Gasteiger partial charge is 0.340 e. The number of nitrogens with zero attached hydrogens (tertiary/aromatic N) is 1. The van der Waals surface area contributed by atoms with Gasteiger partial charge in [0.2, 0.25) is 5.91 Å². The highest BCUT2D eigenvalue weighted by molar-refractivity contribution is 5.88. The molecule has 3 nitrogen and oxygen atoms in total. The van der Waals surface area contributed by atoms with Crippen LogP contribution in [0.25, 0.3) is 10.8 Å². The molecule has 110 valence electrons. The van der Waals surface area contributed by atoms with Gasteiger partial charge in [-0.3, -0.25) is 4.79 Å². The normalized spacial score (nSPS) is 17.0. The average molecular weight is 282 g/mol. The zero-order chi connectivity index (χ0) is 14.9. The molecule has 2 N–H and O–H groups in total. The molecule has 0 heterocycles. The van der Waals surface area contributed by atoms with Crippen molar-refractivity contribution in [1.82, 2.24) is 4.90 Å². The third-order valence-electron chi connectivity index (χ3n) is 4.56. The van der Waals surface area contributed by atoms with E-state index in [1.54, 1.807) is 4.90 Å². The van der Waals surface area contributed by atoms with E-state index in [1.807, 2.05) is 25.2 Å². The lowest BCUT2D eigenvalue weighted by Crippen LogP contribution is -2.52. The van der Waals surface area contributed by atoms with Gasteiger partial charge < -0.3 is 10.6 Å². The van der Waals surface area contributed by atoms with E-state index in [0.29, 0.717) is 6.54 Å². The van der Waals surface area contributed by atoms with E-state index in [0.717, 1.165) is 25.7 Å². The Morgan fingerprint density at radius 3 is 2.57 bits per heavy atom. The molecule has 0 aliphatic heterocycles. The van der Waals surface area contributed by atoms with Gasteiger partial charge in [-0.05, 0) is 29.2 Å². The number of fused-ring (bicyclic) bond motifs is 1. The molecular formula is C18H22N2O. The van der Waals surface area contributed by atoms with Crippen LogP contribution in [0.5, 0.6) is 0 Å². The standard InChI is InChI=1S/C18H22N2O/c1-20(17(21)18(19)11-4-5-12-18)13-15-9-6-8-14-7-2-3-10-16(14)15/h2-3,6-10H,4-5,11-13,19H2,1H3. The number of hydrogen-bond acceptors (Lipinski definition) is 2. The summed E-state index contributed by atoms with van der Waals surface area (Å²) in [4.78, 5) is 14.4. The van der Waals surface area contributed by atoms with Crippen LogP contribution in [0.1, 0.15) is 31.2 Å². The summed E-state index contributed by atoms with van der Waals surface area (Å²) < 4.78 is 0. The van der Waals surface area contributed by atoms with Crippen LogP contribution in [0.2, 0.25) is 0 Å². The van der Waals surface area contributed by atoms with E-state index in [1.165, 1.54) is 16.3 Å². The van der Waals surface area contributed by atoms with Gasteiger partial charge in [0.05, 0.1) is 5.54 Å². The first-order valence-electron chi connectivity index (χ1n) is 7.61. The summed E-state index contributed by atoms with van der Waals surface area (Å²) in [6.45, 7) is 0.610. The van der Waals surface area contributed by atoms with Crippen molar-refractivity contribution in [3.05, 3.63) is 48.0 Å². The maximum Gasteiger partial charge on any atom is 0.242 e. The van der Waals surface area contributed by atoms with Crippen molar-refractivity contribution in [2.24, 2.45) is 5.73 Å². The molecule has 1 amide bonds. The van der Waals surface area contributed by atoms with E-state index < -0.39 is 5.54 Å². The highest BCUT2D eigenvalue weighted by Crippen LogP contribution is 2.29. The van der Waals surface area contributed by atoms with E-state index in [4.69, 9.17) is 5.73 Å². The minimum atomic E-state index is -0.640. The SMILES string of the molecule is CN(Cc1cccc2ccccc12)C(=O)C1(N)CCCC1. The summed E-state index contributed by atoms with van der Waals surface area (Å²) in [7, 11) is 1.86. The molecule has 3 rings (SSSR count). The topological polar surface area (TPSA) is 46.3 Å². The predicted molar refractivity (Wildman–Crippen MR) is 85.8 cm³/mol. The van der Waals surface area contributed by atoms with Crippen molar-refractivity contribution in [2.75, 3.05) is 7.05 Å². The second kappa shape index (κ2) is 5.49. The average Bonchev–Trinajstić information content (AvgIpc) is 2.95. The third kappa shape index (κ3) is 2.66. The van der Waals surface area contributed by atoms with Crippen molar-refractivity contribution in [3.63, 3.8) is 0 Å². The summed E-state index contributed by atoms with van der Waals surface area (Å²) in [6.07, 6.45) is 3.74. The fourth-order valence-corrected chi connectivity index (χ4v) is 3.36. The highest BCUT2D eigenvalue weighted by atomic mass is 16.2. The van der Waals surface area contributed by atoms with Crippen molar-refractivity contribution in [2.45, 2.75) is 37.8 Å². The molecular weight excluding hydrogens is 260 g/mol. The number of rotatable bonds is 3. The van der Waals surface area contributed by atoms with E-state index in [2.05, 4.69) is 24.3 Å². The van der Waals surface area contributed by atoms with E-state index in [9.17, 15) is 4.79 Å². The number of likely N-dealkylation sites (N-methyl/N-ethyl adjacent to an activating group) is 1. The maximum absolute atomic E-state index is 12.6. The summed E-state index contributed by atoms with van der Waals surface area (Å²) in [5.74, 6) is 0.0768. The number of amides is 1. The van der Waals surface area contributed by atoms with E-state index >= 15 is 0 Å². The number of carbonyl (C=O) groups excluding carboxylic acids is 1. The van der Waals surface area contributed by atoms with Gasteiger partial charge in [0.15, 0.2) is 0 Å². The van der Waals surface area contributed by atoms with Crippen LogP contribution in [0.15, 0.2) is 42.5 Å². The Morgan fingerprint density at radius 1 is 1.14 bits per heavy atom. The smallest absolute Gasteiger partial charge is 0.242 e. The first-order chi connectivity index (χ1) is 10.1. The molecule has 0 unspecified atom stereocenters. The van der Waals surface area contributed by atoms with Crippen molar-refractivity contribution in [1.29, 1.82) is 0 Å². The number of hydrogen-bond donors (Lipinski definition) is 1. The molecule has 1 aliphatic rings. The first-order valence-corrected chi connectivity index (χ1v) is 7.61. The van der Waals surface area contributed by atoms with Gasteiger partial charge in [-0.15, -0.1) is 0 Å². The van der Waals surface area contributed by atoms with Gasteiger partial charge in [-0.25, -0.2) is 0 Å². The molecule has 1 aliphatic carbocycles. The van der Waals surface area contributed by atoms with Crippen molar-refractivity contribution >= 4 is 16.7 Å². The molecule has 2 aromatic carbocycles. The number of nitrogens with two attached hydrogens (primary N) is 1. The second-order valence-corrected chi connectivity index (χ2v) is 6.16. The van der Waals surface area contributed by atoms with Crippen LogP contribution in [0.4, 0.5) is 0 Å². The number of carbonyl (C=O) groups is 1. The van der Waals surface area contributed by atoms with Crippen LogP contribution in [-0.4, -0.2) is 23.4 Å². The van der Waals surface area contributed by atoms with Gasteiger partial charge in [0.25, 0.3) is 0 Å². The zero-order valence-corrected chi connectivity index (χ0v) is 12.5. The van der Waals surface area contributed by atoms with Crippen LogP contribution in [0, 0.1) is 0 Å². The van der Waals surface area contributed by atoms with Crippen LogP contribution in [-0.2, 0) is 11.3 Å². The molecule has 21 heavy (non-hydrogen) atoms. The fraction of sp³-hybridized carbons (Fsp3) is 0.389. The summed E-state index contributed by atoms with van der Waals surface area (Å²) in [6, 6.07) is 14.5. The first kappa shape index (κ1) is 14.1. The molecule has 0 atom stereocenters. The van der Waals surface area contributed by atoms with Gasteiger partial charge in [-0.1, -0.05) is 55.3 Å². The maximum atomic E-state index is 12.6. The molecule has 0 bridgehead atoms. The second-order valence-electron chi connectivity index (χ2n) is 6.16. The van der Waals surface area contributed by atoms with Gasteiger partial charge in [0.1, 0.15) is 0 Å². The predicted octanol–water partition coefficient (Wildman–Crippen LogP) is 3.07. The lowest BCUT2D eigenvalue weighted by molar-refractivity contribution is -0.136. The fourth-order valence-electron chi connectivity index (χ4n) is 3.36. The summed E-state index contributed by atoms with van der Waals surface area (Å²) >= 11 is 0. The molecule has 1 saturated carbocycles. The highest BCUT2D eigenvalue weighted by Gasteiger charge is 2.38. The molecule has 0 spiro atoms. The molecule has 2 aromatic rings. The Morgan fingerprint density at radius 2 is 1.81 bits per heavy atom. The van der Waals surface area contributed by atoms with Gasteiger partial charge >= 0.3 is 0 Å². The quantitative estimate of drug-likeness (QED) is 0.940. The van der Waals surface area contributed by atoms with Crippen LogP contribution < -0.4 is 5.73 Å². The number of benzene rings is 2. The Kier molecular flexibility index (Phi) is 3.68. The minimum Gasteiger partial charge on any atom is -0.340 e. The Labute approximate surface area is 125 Å². The van der Waals surface area contributed by atoms with Crippen molar-refractivity contribution < 1.29 is 4.79 Å².